The highest BCUT2D eigenvalue weighted by Gasteiger charge is 2.11. The van der Waals surface area contributed by atoms with Crippen molar-refractivity contribution >= 4 is 10.9 Å². The third-order valence-corrected chi connectivity index (χ3v) is 3.89. The Kier molecular flexibility index (Phi) is 4.62. The highest BCUT2D eigenvalue weighted by Crippen LogP contribution is 2.13. The molecule has 0 saturated carbocycles. The molecule has 3 rings (SSSR count). The summed E-state index contributed by atoms with van der Waals surface area (Å²) in [6.45, 7) is 4.15. The van der Waals surface area contributed by atoms with Crippen LogP contribution in [0.25, 0.3) is 10.9 Å². The van der Waals surface area contributed by atoms with Crippen molar-refractivity contribution in [2.24, 2.45) is 0 Å². The van der Waals surface area contributed by atoms with Crippen LogP contribution in [0.4, 0.5) is 0 Å². The molecule has 1 N–H and O–H groups in total. The Morgan fingerprint density at radius 3 is 2.79 bits per heavy atom. The summed E-state index contributed by atoms with van der Waals surface area (Å²) in [6.07, 6.45) is 0.681. The van der Waals surface area contributed by atoms with E-state index in [4.69, 9.17) is 4.74 Å². The van der Waals surface area contributed by atoms with Gasteiger partial charge in [0.05, 0.1) is 23.8 Å². The maximum atomic E-state index is 12.5. The van der Waals surface area contributed by atoms with Crippen LogP contribution in [0, 0.1) is 13.8 Å². The molecule has 0 aliphatic carbocycles. The van der Waals surface area contributed by atoms with Crippen molar-refractivity contribution in [1.82, 2.24) is 9.55 Å². The number of aliphatic hydroxyl groups excluding tert-OH is 1. The summed E-state index contributed by atoms with van der Waals surface area (Å²) in [5.41, 5.74) is 2.59. The van der Waals surface area contributed by atoms with Crippen LogP contribution in [0.1, 0.15) is 11.1 Å². The van der Waals surface area contributed by atoms with Crippen LogP contribution in [0.3, 0.4) is 0 Å². The van der Waals surface area contributed by atoms with Crippen LogP contribution >= 0.6 is 0 Å². The molecule has 1 atom stereocenters. The number of aromatic nitrogens is 2. The van der Waals surface area contributed by atoms with Gasteiger partial charge < -0.3 is 9.84 Å². The van der Waals surface area contributed by atoms with Gasteiger partial charge in [0.2, 0.25) is 0 Å². The standard InChI is InChI=1S/C19H20N2O3/c1-13-5-3-7-16(9-13)24-11-15(22)10-21-12-20-18-14(2)6-4-8-17(18)19(21)23/h3-9,12,15,22H,10-11H2,1-2H3. The van der Waals surface area contributed by atoms with Gasteiger partial charge in [0.1, 0.15) is 18.5 Å². The Morgan fingerprint density at radius 2 is 2.00 bits per heavy atom. The number of nitrogens with zero attached hydrogens (tertiary/aromatic N) is 2. The first-order valence-corrected chi connectivity index (χ1v) is 7.87. The maximum Gasteiger partial charge on any atom is 0.261 e. The van der Waals surface area contributed by atoms with Crippen molar-refractivity contribution in [1.29, 1.82) is 0 Å². The number of fused-ring (bicyclic) bond motifs is 1. The summed E-state index contributed by atoms with van der Waals surface area (Å²) in [5, 5.41) is 10.7. The lowest BCUT2D eigenvalue weighted by Gasteiger charge is -2.14. The predicted octanol–water partition coefficient (Wildman–Crippen LogP) is 2.45. The van der Waals surface area contributed by atoms with E-state index in [1.165, 1.54) is 10.9 Å². The minimum atomic E-state index is -0.799. The molecule has 1 heterocycles. The lowest BCUT2D eigenvalue weighted by Crippen LogP contribution is -2.30. The van der Waals surface area contributed by atoms with Crippen molar-refractivity contribution in [2.45, 2.75) is 26.5 Å². The largest absolute Gasteiger partial charge is 0.491 e. The van der Waals surface area contributed by atoms with Crippen molar-refractivity contribution in [3.8, 4) is 5.75 Å². The van der Waals surface area contributed by atoms with Gasteiger partial charge in [0.15, 0.2) is 0 Å². The Labute approximate surface area is 140 Å². The average Bonchev–Trinajstić information content (AvgIpc) is 2.56. The van der Waals surface area contributed by atoms with Gasteiger partial charge >= 0.3 is 0 Å². The number of hydrogen-bond donors (Lipinski definition) is 1. The lowest BCUT2D eigenvalue weighted by molar-refractivity contribution is 0.0914. The zero-order valence-electron chi connectivity index (χ0n) is 13.8. The molecule has 0 aliphatic heterocycles. The molecule has 5 heteroatoms. The van der Waals surface area contributed by atoms with Crippen LogP contribution in [-0.2, 0) is 6.54 Å². The summed E-state index contributed by atoms with van der Waals surface area (Å²) in [4.78, 5) is 16.8. The summed E-state index contributed by atoms with van der Waals surface area (Å²) >= 11 is 0. The molecule has 0 radical (unpaired) electrons. The number of aryl methyl sites for hydroxylation is 2. The number of aliphatic hydroxyl groups is 1. The van der Waals surface area contributed by atoms with E-state index >= 15 is 0 Å². The van der Waals surface area contributed by atoms with Crippen molar-refractivity contribution in [3.63, 3.8) is 0 Å². The number of para-hydroxylation sites is 1. The minimum Gasteiger partial charge on any atom is -0.491 e. The highest BCUT2D eigenvalue weighted by molar-refractivity contribution is 5.80. The first-order valence-electron chi connectivity index (χ1n) is 7.87. The van der Waals surface area contributed by atoms with E-state index in [2.05, 4.69) is 4.98 Å². The molecule has 0 spiro atoms. The van der Waals surface area contributed by atoms with Gasteiger partial charge in [0.25, 0.3) is 5.56 Å². The van der Waals surface area contributed by atoms with Crippen LogP contribution in [0.15, 0.2) is 53.6 Å². The van der Waals surface area contributed by atoms with E-state index in [1.807, 2.05) is 50.2 Å². The third kappa shape index (κ3) is 3.46. The van der Waals surface area contributed by atoms with Gasteiger partial charge in [-0.2, -0.15) is 0 Å². The molecule has 1 unspecified atom stereocenters. The highest BCUT2D eigenvalue weighted by atomic mass is 16.5. The molecule has 1 aromatic heterocycles. The molecule has 0 bridgehead atoms. The van der Waals surface area contributed by atoms with Gasteiger partial charge in [-0.05, 0) is 43.2 Å². The summed E-state index contributed by atoms with van der Waals surface area (Å²) in [5.74, 6) is 0.702. The number of benzene rings is 2. The molecule has 0 saturated heterocycles. The second-order valence-electron chi connectivity index (χ2n) is 5.95. The second-order valence-corrected chi connectivity index (χ2v) is 5.95. The molecule has 0 fully saturated rings. The number of ether oxygens (including phenoxy) is 1. The monoisotopic (exact) mass is 324 g/mol. The van der Waals surface area contributed by atoms with Gasteiger partial charge in [-0.15, -0.1) is 0 Å². The molecule has 5 nitrogen and oxygen atoms in total. The summed E-state index contributed by atoms with van der Waals surface area (Å²) in [7, 11) is 0. The van der Waals surface area contributed by atoms with Crippen molar-refractivity contribution in [3.05, 3.63) is 70.3 Å². The normalized spacial score (nSPS) is 12.3. The topological polar surface area (TPSA) is 64.3 Å². The smallest absolute Gasteiger partial charge is 0.261 e. The van der Waals surface area contributed by atoms with Crippen LogP contribution in [0.5, 0.6) is 5.75 Å². The Bertz CT molecular complexity index is 918. The Hall–Kier alpha value is -2.66. The molecule has 0 aliphatic rings. The zero-order valence-corrected chi connectivity index (χ0v) is 13.8. The maximum absolute atomic E-state index is 12.5. The molecule has 2 aromatic carbocycles. The van der Waals surface area contributed by atoms with E-state index in [1.54, 1.807) is 6.07 Å². The molecule has 0 amide bonds. The third-order valence-electron chi connectivity index (χ3n) is 3.89. The fourth-order valence-corrected chi connectivity index (χ4v) is 2.64. The van der Waals surface area contributed by atoms with E-state index in [9.17, 15) is 9.90 Å². The van der Waals surface area contributed by atoms with Crippen molar-refractivity contribution < 1.29 is 9.84 Å². The summed E-state index contributed by atoms with van der Waals surface area (Å²) < 4.78 is 7.00. The SMILES string of the molecule is Cc1cccc(OCC(O)Cn2cnc3c(C)cccc3c2=O)c1. The number of hydrogen-bond acceptors (Lipinski definition) is 4. The molecular weight excluding hydrogens is 304 g/mol. The zero-order chi connectivity index (χ0) is 17.1. The molecule has 24 heavy (non-hydrogen) atoms. The fourth-order valence-electron chi connectivity index (χ4n) is 2.64. The lowest BCUT2D eigenvalue weighted by atomic mass is 10.1. The summed E-state index contributed by atoms with van der Waals surface area (Å²) in [6, 6.07) is 13.1. The predicted molar refractivity (Wildman–Crippen MR) is 93.4 cm³/mol. The van der Waals surface area contributed by atoms with Gasteiger partial charge in [-0.25, -0.2) is 4.98 Å². The van der Waals surface area contributed by atoms with Gasteiger partial charge in [0, 0.05) is 0 Å². The van der Waals surface area contributed by atoms with Crippen LogP contribution < -0.4 is 10.3 Å². The van der Waals surface area contributed by atoms with Crippen molar-refractivity contribution in [2.75, 3.05) is 6.61 Å². The van der Waals surface area contributed by atoms with Gasteiger partial charge in [-0.1, -0.05) is 24.3 Å². The first kappa shape index (κ1) is 16.2. The Balaban J connectivity index is 1.72. The molecule has 124 valence electrons. The quantitative estimate of drug-likeness (QED) is 0.783. The number of rotatable bonds is 5. The van der Waals surface area contributed by atoms with E-state index < -0.39 is 6.10 Å². The van der Waals surface area contributed by atoms with E-state index in [0.717, 1.165) is 11.1 Å². The fraction of sp³-hybridized carbons (Fsp3) is 0.263. The molecule has 3 aromatic rings. The van der Waals surface area contributed by atoms with Crippen LogP contribution in [0.2, 0.25) is 0 Å². The van der Waals surface area contributed by atoms with Crippen LogP contribution in [-0.4, -0.2) is 27.4 Å². The van der Waals surface area contributed by atoms with E-state index in [0.29, 0.717) is 16.7 Å². The second kappa shape index (κ2) is 6.84. The van der Waals surface area contributed by atoms with Gasteiger partial charge in [-0.3, -0.25) is 9.36 Å². The minimum absolute atomic E-state index is 0.113. The Morgan fingerprint density at radius 1 is 1.21 bits per heavy atom. The average molecular weight is 324 g/mol. The first-order chi connectivity index (χ1) is 11.5. The van der Waals surface area contributed by atoms with E-state index in [-0.39, 0.29) is 18.7 Å². The molecular formula is C19H20N2O3.